The van der Waals surface area contributed by atoms with Gasteiger partial charge in [-0.05, 0) is 57.0 Å². The first-order valence-electron chi connectivity index (χ1n) is 14.9. The van der Waals surface area contributed by atoms with Crippen molar-refractivity contribution >= 4 is 23.3 Å². The SMILES string of the molecule is CC(C)(/C=C(\C#N)C(=O)N1CCCC1)N1CCNCC1.CNc1ncnc(N)c1C(=N)c1ccc(Oc2ccccc2)cc1F. The molecule has 0 spiro atoms. The molecule has 2 fully saturated rings. The van der Waals surface area contributed by atoms with Crippen LogP contribution in [0.15, 0.2) is 66.5 Å². The van der Waals surface area contributed by atoms with Crippen molar-refractivity contribution in [2.24, 2.45) is 0 Å². The van der Waals surface area contributed by atoms with Crippen LogP contribution in [0.25, 0.3) is 0 Å². The molecule has 0 saturated carbocycles. The average molecular weight is 614 g/mol. The summed E-state index contributed by atoms with van der Waals surface area (Å²) < 4.78 is 20.1. The second kappa shape index (κ2) is 15.2. The van der Waals surface area contributed by atoms with E-state index in [0.29, 0.717) is 17.3 Å². The lowest BCUT2D eigenvalue weighted by molar-refractivity contribution is -0.125. The van der Waals surface area contributed by atoms with E-state index in [1.54, 1.807) is 30.1 Å². The van der Waals surface area contributed by atoms with Crippen LogP contribution in [0.5, 0.6) is 11.5 Å². The number of hydrogen-bond donors (Lipinski definition) is 4. The maximum Gasteiger partial charge on any atom is 0.264 e. The molecule has 45 heavy (non-hydrogen) atoms. The zero-order valence-electron chi connectivity index (χ0n) is 25.9. The molecule has 1 amide bonds. The van der Waals surface area contributed by atoms with E-state index in [2.05, 4.69) is 45.4 Å². The van der Waals surface area contributed by atoms with Crippen molar-refractivity contribution in [1.82, 2.24) is 25.1 Å². The predicted octanol–water partition coefficient (Wildman–Crippen LogP) is 4.19. The molecule has 0 atom stereocenters. The van der Waals surface area contributed by atoms with Crippen molar-refractivity contribution in [2.45, 2.75) is 32.2 Å². The van der Waals surface area contributed by atoms with E-state index in [0.717, 1.165) is 52.1 Å². The number of ether oxygens (including phenoxy) is 1. The summed E-state index contributed by atoms with van der Waals surface area (Å²) >= 11 is 0. The lowest BCUT2D eigenvalue weighted by Gasteiger charge is -2.39. The number of nitrogens with one attached hydrogen (secondary N) is 3. The summed E-state index contributed by atoms with van der Waals surface area (Å²) in [4.78, 5) is 24.3. The van der Waals surface area contributed by atoms with E-state index in [-0.39, 0.29) is 39.7 Å². The van der Waals surface area contributed by atoms with Crippen molar-refractivity contribution in [3.8, 4) is 17.6 Å². The van der Waals surface area contributed by atoms with Crippen molar-refractivity contribution in [2.75, 3.05) is 57.4 Å². The summed E-state index contributed by atoms with van der Waals surface area (Å²) in [6.07, 6.45) is 5.22. The van der Waals surface area contributed by atoms with E-state index in [1.807, 2.05) is 24.3 Å². The molecule has 3 aromatic rings. The summed E-state index contributed by atoms with van der Waals surface area (Å²) in [5.74, 6) is 0.709. The van der Waals surface area contributed by atoms with Gasteiger partial charge in [-0.15, -0.1) is 0 Å². The Hall–Kier alpha value is -4.86. The maximum atomic E-state index is 14.5. The van der Waals surface area contributed by atoms with Gasteiger partial charge in [-0.25, -0.2) is 14.4 Å². The average Bonchev–Trinajstić information content (AvgIpc) is 3.59. The highest BCUT2D eigenvalue weighted by Gasteiger charge is 2.29. The number of nitriles is 1. The fourth-order valence-electron chi connectivity index (χ4n) is 5.27. The van der Waals surface area contributed by atoms with E-state index in [9.17, 15) is 14.4 Å². The highest BCUT2D eigenvalue weighted by Crippen LogP contribution is 2.27. The third kappa shape index (κ3) is 8.41. The third-order valence-electron chi connectivity index (χ3n) is 7.73. The molecule has 0 radical (unpaired) electrons. The number of nitrogen functional groups attached to an aromatic ring is 1. The Bertz CT molecular complexity index is 1560. The van der Waals surface area contributed by atoms with Gasteiger partial charge < -0.3 is 26.0 Å². The Balaban J connectivity index is 0.000000210. The predicted molar refractivity (Wildman–Crippen MR) is 173 cm³/mol. The molecule has 2 aromatic carbocycles. The molecule has 3 heterocycles. The number of halogens is 1. The highest BCUT2D eigenvalue weighted by molar-refractivity contribution is 6.16. The number of carbonyl (C=O) groups is 1. The maximum absolute atomic E-state index is 14.5. The summed E-state index contributed by atoms with van der Waals surface area (Å²) in [6, 6.07) is 15.5. The molecule has 5 rings (SSSR count). The van der Waals surface area contributed by atoms with Crippen LogP contribution in [-0.4, -0.2) is 83.2 Å². The van der Waals surface area contributed by atoms with Gasteiger partial charge in [-0.2, -0.15) is 5.26 Å². The molecule has 2 aliphatic rings. The Kier molecular flexibility index (Phi) is 11.2. The van der Waals surface area contributed by atoms with E-state index in [4.69, 9.17) is 15.9 Å². The van der Waals surface area contributed by atoms with Crippen LogP contribution >= 0.6 is 0 Å². The van der Waals surface area contributed by atoms with Crippen molar-refractivity contribution in [3.05, 3.63) is 83.5 Å². The molecule has 236 valence electrons. The molecule has 0 unspecified atom stereocenters. The molecule has 2 aliphatic heterocycles. The number of anilines is 2. The van der Waals surface area contributed by atoms with Crippen LogP contribution in [-0.2, 0) is 4.79 Å². The van der Waals surface area contributed by atoms with Gasteiger partial charge in [0.15, 0.2) is 0 Å². The topological polar surface area (TPSA) is 156 Å². The molecular weight excluding hydrogens is 573 g/mol. The number of rotatable bonds is 8. The largest absolute Gasteiger partial charge is 0.457 e. The summed E-state index contributed by atoms with van der Waals surface area (Å²) in [7, 11) is 1.64. The molecule has 11 nitrogen and oxygen atoms in total. The van der Waals surface area contributed by atoms with Crippen molar-refractivity contribution in [3.63, 3.8) is 0 Å². The zero-order chi connectivity index (χ0) is 32.4. The Labute approximate surface area is 263 Å². The molecule has 12 heteroatoms. The zero-order valence-corrected chi connectivity index (χ0v) is 25.9. The minimum absolute atomic E-state index is 0.0819. The highest BCUT2D eigenvalue weighted by atomic mass is 19.1. The van der Waals surface area contributed by atoms with E-state index >= 15 is 0 Å². The Morgan fingerprint density at radius 1 is 1.11 bits per heavy atom. The first-order valence-corrected chi connectivity index (χ1v) is 14.9. The van der Waals surface area contributed by atoms with Crippen LogP contribution < -0.4 is 21.1 Å². The molecule has 0 bridgehead atoms. The third-order valence-corrected chi connectivity index (χ3v) is 7.73. The standard InChI is InChI=1S/C18H16FN5O.C15H24N4O/c1-22-18-15(17(21)23-10-24-18)16(20)13-8-7-12(9-14(13)19)25-11-5-3-2-4-6-11;1-15(2,19-9-5-17-6-10-19)11-13(12-16)14(20)18-7-3-4-8-18/h2-10,20H,1H3,(H3,21,22,23,24);11,17H,3-10H2,1-2H3/b;13-11+. The van der Waals surface area contributed by atoms with E-state index in [1.165, 1.54) is 18.5 Å². The molecule has 1 aromatic heterocycles. The van der Waals surface area contributed by atoms with Crippen LogP contribution in [0.4, 0.5) is 16.0 Å². The van der Waals surface area contributed by atoms with Gasteiger partial charge in [-0.1, -0.05) is 18.2 Å². The number of benzene rings is 2. The Morgan fingerprint density at radius 3 is 2.42 bits per heavy atom. The number of aromatic nitrogens is 2. The number of para-hydroxylation sites is 1. The second-order valence-electron chi connectivity index (χ2n) is 11.2. The quantitative estimate of drug-likeness (QED) is 0.166. The lowest BCUT2D eigenvalue weighted by Crippen LogP contribution is -2.52. The van der Waals surface area contributed by atoms with Crippen LogP contribution in [0.3, 0.4) is 0 Å². The number of nitrogens with two attached hydrogens (primary N) is 1. The van der Waals surface area contributed by atoms with Crippen molar-refractivity contribution in [1.29, 1.82) is 10.7 Å². The Morgan fingerprint density at radius 2 is 1.80 bits per heavy atom. The fourth-order valence-corrected chi connectivity index (χ4v) is 5.27. The van der Waals surface area contributed by atoms with Gasteiger partial charge in [0.2, 0.25) is 0 Å². The first-order chi connectivity index (χ1) is 21.6. The number of nitrogens with zero attached hydrogens (tertiary/aromatic N) is 5. The minimum Gasteiger partial charge on any atom is -0.457 e. The minimum atomic E-state index is -0.594. The van der Waals surface area contributed by atoms with Gasteiger partial charge in [0.05, 0.1) is 11.3 Å². The number of hydrogen-bond acceptors (Lipinski definition) is 10. The molecule has 0 aliphatic carbocycles. The van der Waals surface area contributed by atoms with Crippen LogP contribution in [0.1, 0.15) is 37.8 Å². The number of piperazine rings is 1. The van der Waals surface area contributed by atoms with Gasteiger partial charge in [0.25, 0.3) is 5.91 Å². The first kappa shape index (κ1) is 33.0. The second-order valence-corrected chi connectivity index (χ2v) is 11.2. The van der Waals surface area contributed by atoms with Gasteiger partial charge in [0, 0.05) is 63.5 Å². The summed E-state index contributed by atoms with van der Waals surface area (Å²) in [5, 5.41) is 23.8. The van der Waals surface area contributed by atoms with Gasteiger partial charge in [0.1, 0.15) is 46.9 Å². The lowest BCUT2D eigenvalue weighted by atomic mass is 9.97. The number of carbonyl (C=O) groups excluding carboxylic acids is 1. The van der Waals surface area contributed by atoms with Crippen molar-refractivity contribution < 1.29 is 13.9 Å². The van der Waals surface area contributed by atoms with Crippen LogP contribution in [0.2, 0.25) is 0 Å². The monoisotopic (exact) mass is 613 g/mol. The molecular formula is C33H40FN9O2. The number of amides is 1. The summed E-state index contributed by atoms with van der Waals surface area (Å²) in [5.41, 5.74) is 6.09. The van der Waals surface area contributed by atoms with Crippen LogP contribution in [0, 0.1) is 22.6 Å². The molecule has 5 N–H and O–H groups in total. The normalized spacial score (nSPS) is 15.4. The van der Waals surface area contributed by atoms with E-state index < -0.39 is 5.82 Å². The molecule has 2 saturated heterocycles. The van der Waals surface area contributed by atoms with Gasteiger partial charge in [-0.3, -0.25) is 15.1 Å². The summed E-state index contributed by atoms with van der Waals surface area (Å²) in [6.45, 7) is 9.52. The van der Waals surface area contributed by atoms with Gasteiger partial charge >= 0.3 is 0 Å². The fraction of sp³-hybridized carbons (Fsp3) is 0.364. The smallest absolute Gasteiger partial charge is 0.264 e. The number of likely N-dealkylation sites (tertiary alicyclic amines) is 1.